The summed E-state index contributed by atoms with van der Waals surface area (Å²) >= 11 is 5.95. The molecule has 6 rings (SSSR count). The smallest absolute Gasteiger partial charge is 0.479 e. The Labute approximate surface area is 205 Å². The van der Waals surface area contributed by atoms with Crippen molar-refractivity contribution in [2.75, 3.05) is 0 Å². The van der Waals surface area contributed by atoms with E-state index >= 15 is 0 Å². The molecule has 2 bridgehead atoms. The van der Waals surface area contributed by atoms with Gasteiger partial charge in [-0.2, -0.15) is 0 Å². The van der Waals surface area contributed by atoms with E-state index in [0.29, 0.717) is 54.9 Å². The van der Waals surface area contributed by atoms with Gasteiger partial charge in [0.05, 0.1) is 18.1 Å². The van der Waals surface area contributed by atoms with Gasteiger partial charge < -0.3 is 15.4 Å². The van der Waals surface area contributed by atoms with Gasteiger partial charge >= 0.3 is 6.36 Å². The summed E-state index contributed by atoms with van der Waals surface area (Å²) in [6, 6.07) is 4.41. The Kier molecular flexibility index (Phi) is 6.03. The maximum Gasteiger partial charge on any atom is 0.522 e. The number of benzene rings is 1. The zero-order valence-corrected chi connectivity index (χ0v) is 19.6. The quantitative estimate of drug-likeness (QED) is 0.618. The summed E-state index contributed by atoms with van der Waals surface area (Å²) in [5.74, 6) is -0.328. The molecule has 7 nitrogen and oxygen atoms in total. The molecule has 2 amide bonds. The van der Waals surface area contributed by atoms with E-state index < -0.39 is 29.5 Å². The summed E-state index contributed by atoms with van der Waals surface area (Å²) in [6.07, 6.45) is -2.66. The molecule has 4 fully saturated rings. The van der Waals surface area contributed by atoms with E-state index in [9.17, 15) is 27.6 Å². The Bertz CT molecular complexity index is 1030. The molecule has 5 aliphatic rings. The topological polar surface area (TPSA) is 93.7 Å². The fraction of sp³-hybridized carbons (Fsp3) is 0.625. The van der Waals surface area contributed by atoms with Crippen molar-refractivity contribution in [2.45, 2.75) is 87.9 Å². The monoisotopic (exact) mass is 514 g/mol. The molecule has 1 aromatic rings. The van der Waals surface area contributed by atoms with Crippen LogP contribution in [0.5, 0.6) is 5.75 Å². The third-order valence-corrected chi connectivity index (χ3v) is 8.26. The van der Waals surface area contributed by atoms with Gasteiger partial charge in [-0.1, -0.05) is 11.6 Å². The molecule has 0 aromatic heterocycles. The third kappa shape index (κ3) is 4.87. The molecule has 0 radical (unpaired) electrons. The second-order valence-electron chi connectivity index (χ2n) is 10.3. The number of ketones is 1. The zero-order valence-electron chi connectivity index (χ0n) is 18.9. The second-order valence-corrected chi connectivity index (χ2v) is 10.7. The van der Waals surface area contributed by atoms with E-state index in [-0.39, 0.29) is 42.9 Å². The van der Waals surface area contributed by atoms with Crippen LogP contribution >= 0.6 is 11.6 Å². The Morgan fingerprint density at radius 1 is 1.09 bits per heavy atom. The van der Waals surface area contributed by atoms with E-state index in [4.69, 9.17) is 16.3 Å². The molecule has 1 heterocycles. The Balaban J connectivity index is 1.14. The average molecular weight is 515 g/mol. The van der Waals surface area contributed by atoms with Gasteiger partial charge in [0, 0.05) is 22.0 Å². The minimum atomic E-state index is -4.66. The predicted molar refractivity (Wildman–Crippen MR) is 118 cm³/mol. The van der Waals surface area contributed by atoms with Crippen molar-refractivity contribution >= 4 is 29.2 Å². The lowest BCUT2D eigenvalue weighted by molar-refractivity contribution is -0.351. The van der Waals surface area contributed by atoms with Crippen LogP contribution in [-0.2, 0) is 14.3 Å². The molecule has 0 spiro atoms. The first-order valence-corrected chi connectivity index (χ1v) is 12.2. The number of ether oxygens (including phenoxy) is 2. The van der Waals surface area contributed by atoms with Crippen molar-refractivity contribution in [3.63, 3.8) is 0 Å². The number of fused-ring (bicyclic) bond motifs is 4. The molecule has 190 valence electrons. The Morgan fingerprint density at radius 2 is 1.74 bits per heavy atom. The van der Waals surface area contributed by atoms with Crippen LogP contribution in [0.25, 0.3) is 0 Å². The van der Waals surface area contributed by atoms with E-state index in [2.05, 4.69) is 15.4 Å². The molecule has 1 aliphatic heterocycles. The number of carbonyl (C=O) groups excluding carboxylic acids is 3. The van der Waals surface area contributed by atoms with Crippen LogP contribution in [0, 0.1) is 5.41 Å². The molecular formula is C24H26ClF3N2O5. The lowest BCUT2D eigenvalue weighted by atomic mass is 9.56. The fourth-order valence-electron chi connectivity index (χ4n) is 5.81. The largest absolute Gasteiger partial charge is 0.522 e. The Hall–Kier alpha value is -2.33. The van der Waals surface area contributed by atoms with Gasteiger partial charge in [-0.3, -0.25) is 19.1 Å². The van der Waals surface area contributed by atoms with Crippen LogP contribution in [0.4, 0.5) is 13.2 Å². The van der Waals surface area contributed by atoms with Crippen LogP contribution in [-0.4, -0.2) is 47.7 Å². The van der Waals surface area contributed by atoms with E-state index in [0.717, 1.165) is 0 Å². The lowest BCUT2D eigenvalue weighted by Gasteiger charge is -2.53. The standard InChI is InChI=1S/C24H26ClF3N2O5/c25-13-1-2-18-16(9-13)17(31)12-19(34-18)20(32)30-23-6-3-22(4-7-23,5-8-23)21(33)29-14-10-15(11-14)35-24(26,27)28/h1-2,9,14-15,19H,3-8,10-12H2,(H,29,33)(H,30,32)/t14-,15+,19-,22?,23?/m1/s1. The van der Waals surface area contributed by atoms with Gasteiger partial charge in [0.2, 0.25) is 5.91 Å². The van der Waals surface area contributed by atoms with Crippen molar-refractivity contribution in [1.29, 1.82) is 0 Å². The maximum absolute atomic E-state index is 13.0. The average Bonchev–Trinajstić information content (AvgIpc) is 2.78. The van der Waals surface area contributed by atoms with Crippen molar-refractivity contribution in [3.8, 4) is 5.75 Å². The summed E-state index contributed by atoms with van der Waals surface area (Å²) in [7, 11) is 0. The number of alkyl halides is 3. The first-order valence-electron chi connectivity index (χ1n) is 11.8. The molecule has 35 heavy (non-hydrogen) atoms. The number of amides is 2. The number of hydrogen-bond donors (Lipinski definition) is 2. The van der Waals surface area contributed by atoms with E-state index in [1.54, 1.807) is 12.1 Å². The van der Waals surface area contributed by atoms with Gasteiger partial charge in [-0.05, 0) is 69.6 Å². The molecule has 1 aromatic carbocycles. The Morgan fingerprint density at radius 3 is 2.37 bits per heavy atom. The zero-order chi connectivity index (χ0) is 25.0. The summed E-state index contributed by atoms with van der Waals surface area (Å²) in [6.45, 7) is 0. The molecular weight excluding hydrogens is 489 g/mol. The minimum Gasteiger partial charge on any atom is -0.479 e. The van der Waals surface area contributed by atoms with Gasteiger partial charge in [-0.15, -0.1) is 13.2 Å². The van der Waals surface area contributed by atoms with Gasteiger partial charge in [0.25, 0.3) is 5.91 Å². The number of hydrogen-bond acceptors (Lipinski definition) is 5. The van der Waals surface area contributed by atoms with Crippen molar-refractivity contribution < 1.29 is 37.0 Å². The summed E-state index contributed by atoms with van der Waals surface area (Å²) in [5, 5.41) is 6.43. The summed E-state index contributed by atoms with van der Waals surface area (Å²) < 4.78 is 46.7. The van der Waals surface area contributed by atoms with Crippen LogP contribution < -0.4 is 15.4 Å². The molecule has 4 saturated carbocycles. The highest BCUT2D eigenvalue weighted by atomic mass is 35.5. The predicted octanol–water partition coefficient (Wildman–Crippen LogP) is 4.07. The van der Waals surface area contributed by atoms with Gasteiger partial charge in [-0.25, -0.2) is 0 Å². The SMILES string of the molecule is O=C1C[C@H](C(=O)NC23CCC(C(=O)N[C@H]4C[C@@H](OC(F)(F)F)C4)(CC2)CC3)Oc2ccc(Cl)cc21. The maximum atomic E-state index is 13.0. The molecule has 2 N–H and O–H groups in total. The van der Waals surface area contributed by atoms with Crippen molar-refractivity contribution in [3.05, 3.63) is 28.8 Å². The number of nitrogens with one attached hydrogen (secondary N) is 2. The minimum absolute atomic E-state index is 0.0674. The number of carbonyl (C=O) groups is 3. The lowest BCUT2D eigenvalue weighted by Crippen LogP contribution is -2.62. The third-order valence-electron chi connectivity index (χ3n) is 8.02. The highest BCUT2D eigenvalue weighted by Gasteiger charge is 2.54. The van der Waals surface area contributed by atoms with E-state index in [1.807, 2.05) is 0 Å². The normalized spacial score (nSPS) is 33.8. The highest BCUT2D eigenvalue weighted by molar-refractivity contribution is 6.31. The van der Waals surface area contributed by atoms with Crippen LogP contribution in [0.2, 0.25) is 5.02 Å². The molecule has 1 atom stereocenters. The molecule has 0 unspecified atom stereocenters. The molecule has 4 aliphatic carbocycles. The van der Waals surface area contributed by atoms with Crippen molar-refractivity contribution in [2.24, 2.45) is 5.41 Å². The van der Waals surface area contributed by atoms with Crippen LogP contribution in [0.1, 0.15) is 68.1 Å². The van der Waals surface area contributed by atoms with Gasteiger partial charge in [0.15, 0.2) is 11.9 Å². The van der Waals surface area contributed by atoms with Crippen LogP contribution in [0.15, 0.2) is 18.2 Å². The molecule has 0 saturated heterocycles. The second kappa shape index (κ2) is 8.65. The number of Topliss-reactive ketones (excluding diaryl/α,β-unsaturated/α-hetero) is 1. The number of halogens is 4. The summed E-state index contributed by atoms with van der Waals surface area (Å²) in [4.78, 5) is 38.5. The van der Waals surface area contributed by atoms with Crippen LogP contribution in [0.3, 0.4) is 0 Å². The first kappa shape index (κ1) is 24.4. The van der Waals surface area contributed by atoms with Crippen molar-refractivity contribution in [1.82, 2.24) is 10.6 Å². The highest BCUT2D eigenvalue weighted by Crippen LogP contribution is 2.53. The molecule has 11 heteroatoms. The number of rotatable bonds is 5. The first-order chi connectivity index (χ1) is 16.5. The summed E-state index contributed by atoms with van der Waals surface area (Å²) in [5.41, 5.74) is -0.639. The van der Waals surface area contributed by atoms with E-state index in [1.165, 1.54) is 6.07 Å². The fourth-order valence-corrected chi connectivity index (χ4v) is 5.98. The van der Waals surface area contributed by atoms with Gasteiger partial charge in [0.1, 0.15) is 5.75 Å².